The third-order valence-electron chi connectivity index (χ3n) is 4.68. The maximum Gasteiger partial charge on any atom is 0.328 e. The topological polar surface area (TPSA) is 89.0 Å². The van der Waals surface area contributed by atoms with Crippen molar-refractivity contribution in [3.05, 3.63) is 47.8 Å². The highest BCUT2D eigenvalue weighted by molar-refractivity contribution is 5.97. The Kier molecular flexibility index (Phi) is 4.30. The number of nitrogens with zero attached hydrogens (tertiary/aromatic N) is 2. The van der Waals surface area contributed by atoms with E-state index >= 15 is 0 Å². The molecule has 1 fully saturated rings. The molecule has 2 aromatic rings. The number of amides is 1. The van der Waals surface area contributed by atoms with Crippen molar-refractivity contribution in [3.63, 3.8) is 0 Å². The van der Waals surface area contributed by atoms with Gasteiger partial charge in [0.2, 0.25) is 0 Å². The van der Waals surface area contributed by atoms with Gasteiger partial charge in [-0.15, -0.1) is 0 Å². The van der Waals surface area contributed by atoms with E-state index in [9.17, 15) is 14.7 Å². The lowest BCUT2D eigenvalue weighted by Crippen LogP contribution is -2.52. The van der Waals surface area contributed by atoms with Crippen molar-refractivity contribution in [1.29, 1.82) is 0 Å². The number of fused-ring (bicyclic) bond motifs is 1. The van der Waals surface area contributed by atoms with Gasteiger partial charge in [-0.05, 0) is 29.3 Å². The van der Waals surface area contributed by atoms with Gasteiger partial charge in [0.15, 0.2) is 6.04 Å². The number of pyridine rings is 1. The molecule has 4 rings (SSSR count). The first-order valence-electron chi connectivity index (χ1n) is 8.46. The Labute approximate surface area is 150 Å². The third-order valence-corrected chi connectivity index (χ3v) is 4.68. The molecule has 7 nitrogen and oxygen atoms in total. The van der Waals surface area contributed by atoms with Crippen LogP contribution in [-0.2, 0) is 16.0 Å². The molecule has 2 aliphatic heterocycles. The molecule has 0 aliphatic carbocycles. The van der Waals surface area contributed by atoms with Crippen molar-refractivity contribution in [2.45, 2.75) is 12.5 Å². The molecule has 1 aromatic carbocycles. The fourth-order valence-electron chi connectivity index (χ4n) is 3.30. The number of hydrogen-bond acceptors (Lipinski definition) is 5. The molecular formula is C19H18N2O5. The molecule has 0 bridgehead atoms. The van der Waals surface area contributed by atoms with Gasteiger partial charge in [-0.1, -0.05) is 6.07 Å². The lowest BCUT2D eigenvalue weighted by molar-refractivity contribution is -0.147. The molecule has 0 saturated carbocycles. The minimum atomic E-state index is -1.07. The molecule has 1 unspecified atom stereocenters. The molecule has 26 heavy (non-hydrogen) atoms. The fraction of sp³-hybridized carbons (Fsp3) is 0.316. The van der Waals surface area contributed by atoms with E-state index in [1.54, 1.807) is 12.3 Å². The summed E-state index contributed by atoms with van der Waals surface area (Å²) in [5.74, 6) is -0.521. The Hall–Kier alpha value is -2.93. The number of ether oxygens (including phenoxy) is 2. The van der Waals surface area contributed by atoms with Gasteiger partial charge in [0.1, 0.15) is 5.75 Å². The summed E-state index contributed by atoms with van der Waals surface area (Å²) in [5.41, 5.74) is 3.27. The van der Waals surface area contributed by atoms with Crippen LogP contribution >= 0.6 is 0 Å². The highest BCUT2D eigenvalue weighted by Crippen LogP contribution is 2.30. The second-order valence-corrected chi connectivity index (χ2v) is 6.31. The second kappa shape index (κ2) is 6.76. The molecule has 7 heteroatoms. The second-order valence-electron chi connectivity index (χ2n) is 6.31. The summed E-state index contributed by atoms with van der Waals surface area (Å²) >= 11 is 0. The summed E-state index contributed by atoms with van der Waals surface area (Å²) in [6.45, 7) is 1.26. The summed E-state index contributed by atoms with van der Waals surface area (Å²) in [4.78, 5) is 29.7. The van der Waals surface area contributed by atoms with Crippen molar-refractivity contribution in [2.75, 3.05) is 26.4 Å². The zero-order valence-electron chi connectivity index (χ0n) is 14.1. The van der Waals surface area contributed by atoms with Crippen molar-refractivity contribution in [3.8, 4) is 16.9 Å². The largest absolute Gasteiger partial charge is 0.493 e. The zero-order valence-corrected chi connectivity index (χ0v) is 14.1. The van der Waals surface area contributed by atoms with Gasteiger partial charge < -0.3 is 19.5 Å². The van der Waals surface area contributed by atoms with E-state index in [0.717, 1.165) is 28.9 Å². The molecule has 1 aromatic heterocycles. The highest BCUT2D eigenvalue weighted by atomic mass is 16.5. The molecule has 134 valence electrons. The Bertz CT molecular complexity index is 867. The van der Waals surface area contributed by atoms with Crippen LogP contribution in [0.3, 0.4) is 0 Å². The first kappa shape index (κ1) is 16.5. The average Bonchev–Trinajstić information content (AvgIpc) is 3.15. The predicted octanol–water partition coefficient (Wildman–Crippen LogP) is 1.61. The summed E-state index contributed by atoms with van der Waals surface area (Å²) < 4.78 is 10.7. The third kappa shape index (κ3) is 3.01. The summed E-state index contributed by atoms with van der Waals surface area (Å²) in [6, 6.07) is 6.68. The van der Waals surface area contributed by atoms with Gasteiger partial charge in [-0.25, -0.2) is 4.79 Å². The quantitative estimate of drug-likeness (QED) is 0.901. The first-order chi connectivity index (χ1) is 12.6. The van der Waals surface area contributed by atoms with Crippen LogP contribution in [0.5, 0.6) is 5.75 Å². The Balaban J connectivity index is 1.63. The molecule has 1 N–H and O–H groups in total. The summed E-state index contributed by atoms with van der Waals surface area (Å²) in [5, 5.41) is 9.33. The van der Waals surface area contributed by atoms with E-state index < -0.39 is 12.0 Å². The monoisotopic (exact) mass is 354 g/mol. The maximum absolute atomic E-state index is 12.8. The number of aliphatic carboxylic acids is 1. The van der Waals surface area contributed by atoms with Crippen LogP contribution in [-0.4, -0.2) is 59.3 Å². The van der Waals surface area contributed by atoms with Crippen molar-refractivity contribution in [2.24, 2.45) is 0 Å². The van der Waals surface area contributed by atoms with Gasteiger partial charge in [-0.2, -0.15) is 0 Å². The lowest BCUT2D eigenvalue weighted by atomic mass is 10.0. The van der Waals surface area contributed by atoms with Gasteiger partial charge in [0.05, 0.1) is 25.4 Å². The van der Waals surface area contributed by atoms with Crippen molar-refractivity contribution in [1.82, 2.24) is 9.88 Å². The van der Waals surface area contributed by atoms with E-state index in [4.69, 9.17) is 9.47 Å². The standard InChI is InChI=1S/C19H18N2O5/c22-18(21-4-6-25-11-16(21)19(23)24)15-8-14(9-20-10-15)12-1-2-17-13(7-12)3-5-26-17/h1-2,7-10,16H,3-6,11H2,(H,23,24). The number of carbonyl (C=O) groups is 2. The van der Waals surface area contributed by atoms with Crippen LogP contribution in [0.15, 0.2) is 36.7 Å². The average molecular weight is 354 g/mol. The number of carboxylic acids is 1. The molecule has 3 heterocycles. The van der Waals surface area contributed by atoms with Crippen LogP contribution in [0, 0.1) is 0 Å². The van der Waals surface area contributed by atoms with Crippen molar-refractivity contribution >= 4 is 11.9 Å². The Morgan fingerprint density at radius 2 is 2.04 bits per heavy atom. The Morgan fingerprint density at radius 3 is 2.88 bits per heavy atom. The van der Waals surface area contributed by atoms with Gasteiger partial charge in [-0.3, -0.25) is 9.78 Å². The number of carbonyl (C=O) groups excluding carboxylic acids is 1. The van der Waals surface area contributed by atoms with Gasteiger partial charge in [0.25, 0.3) is 5.91 Å². The molecule has 2 aliphatic rings. The number of benzene rings is 1. The maximum atomic E-state index is 12.8. The Morgan fingerprint density at radius 1 is 1.15 bits per heavy atom. The molecule has 1 saturated heterocycles. The van der Waals surface area contributed by atoms with E-state index in [2.05, 4.69) is 4.98 Å². The van der Waals surface area contributed by atoms with E-state index in [-0.39, 0.29) is 19.1 Å². The molecule has 0 spiro atoms. The van der Waals surface area contributed by atoms with E-state index in [0.29, 0.717) is 18.8 Å². The first-order valence-corrected chi connectivity index (χ1v) is 8.46. The predicted molar refractivity (Wildman–Crippen MR) is 92.2 cm³/mol. The summed E-state index contributed by atoms with van der Waals surface area (Å²) in [6.07, 6.45) is 4.03. The van der Waals surface area contributed by atoms with Crippen LogP contribution in [0.4, 0.5) is 0 Å². The minimum Gasteiger partial charge on any atom is -0.493 e. The van der Waals surface area contributed by atoms with E-state index in [1.165, 1.54) is 11.1 Å². The van der Waals surface area contributed by atoms with Crippen molar-refractivity contribution < 1.29 is 24.2 Å². The molecule has 0 radical (unpaired) electrons. The molecular weight excluding hydrogens is 336 g/mol. The SMILES string of the molecule is O=C(O)C1COCCN1C(=O)c1cncc(-c2ccc3c(c2)CCO3)c1. The number of rotatable bonds is 3. The minimum absolute atomic E-state index is 0.000977. The summed E-state index contributed by atoms with van der Waals surface area (Å²) in [7, 11) is 0. The van der Waals surface area contributed by atoms with E-state index in [1.807, 2.05) is 18.2 Å². The molecule has 1 amide bonds. The van der Waals surface area contributed by atoms with Crippen LogP contribution in [0.2, 0.25) is 0 Å². The zero-order chi connectivity index (χ0) is 18.1. The normalized spacial score (nSPS) is 18.9. The molecule has 1 atom stereocenters. The fourth-order valence-corrected chi connectivity index (χ4v) is 3.30. The number of hydrogen-bond donors (Lipinski definition) is 1. The van der Waals surface area contributed by atoms with Crippen LogP contribution in [0.1, 0.15) is 15.9 Å². The van der Waals surface area contributed by atoms with Gasteiger partial charge in [0, 0.05) is 30.9 Å². The smallest absolute Gasteiger partial charge is 0.328 e. The lowest BCUT2D eigenvalue weighted by Gasteiger charge is -2.32. The highest BCUT2D eigenvalue weighted by Gasteiger charge is 2.33. The number of aromatic nitrogens is 1. The van der Waals surface area contributed by atoms with Crippen LogP contribution < -0.4 is 4.74 Å². The van der Waals surface area contributed by atoms with Crippen LogP contribution in [0.25, 0.3) is 11.1 Å². The number of morpholine rings is 1. The number of carboxylic acid groups (broad SMARTS) is 1. The van der Waals surface area contributed by atoms with Gasteiger partial charge >= 0.3 is 5.97 Å².